The molecule has 1 unspecified atom stereocenters. The predicted octanol–water partition coefficient (Wildman–Crippen LogP) is 2.66. The van der Waals surface area contributed by atoms with E-state index in [0.717, 1.165) is 24.6 Å². The number of piperidine rings is 1. The minimum Gasteiger partial charge on any atom is -0.486 e. The highest BCUT2D eigenvalue weighted by atomic mass is 16.6. The molecule has 1 aromatic carbocycles. The number of aryl methyl sites for hydroxylation is 1. The molecule has 2 aromatic rings. The first-order chi connectivity index (χ1) is 11.8. The molecule has 0 bridgehead atoms. The fraction of sp³-hybridized carbons (Fsp3) is 0.526. The van der Waals surface area contributed by atoms with Crippen LogP contribution in [0.25, 0.3) is 0 Å². The molecule has 0 amide bonds. The van der Waals surface area contributed by atoms with E-state index in [-0.39, 0.29) is 5.41 Å². The first-order valence-electron chi connectivity index (χ1n) is 8.96. The number of H-pyrrole nitrogens is 1. The van der Waals surface area contributed by atoms with Crippen LogP contribution in [0.2, 0.25) is 0 Å². The first kappa shape index (κ1) is 14.3. The number of nitrogens with one attached hydrogen (secondary N) is 1. The van der Waals surface area contributed by atoms with E-state index >= 15 is 0 Å². The summed E-state index contributed by atoms with van der Waals surface area (Å²) in [5, 5.41) is 7.57. The molecule has 5 rings (SSSR count). The Hall–Kier alpha value is -2.01. The molecular weight excluding hydrogens is 302 g/mol. The van der Waals surface area contributed by atoms with Gasteiger partial charge >= 0.3 is 0 Å². The molecule has 24 heavy (non-hydrogen) atoms. The van der Waals surface area contributed by atoms with Crippen LogP contribution in [0.5, 0.6) is 11.5 Å². The van der Waals surface area contributed by atoms with Crippen molar-refractivity contribution < 1.29 is 9.47 Å². The summed E-state index contributed by atoms with van der Waals surface area (Å²) in [6.45, 7) is 4.55. The Morgan fingerprint density at radius 3 is 3.04 bits per heavy atom. The highest BCUT2D eigenvalue weighted by Gasteiger charge is 2.43. The molecule has 126 valence electrons. The summed E-state index contributed by atoms with van der Waals surface area (Å²) in [6, 6.07) is 6.36. The van der Waals surface area contributed by atoms with Crippen LogP contribution in [0, 0.1) is 0 Å². The number of nitrogens with zero attached hydrogens (tertiary/aromatic N) is 2. The lowest BCUT2D eigenvalue weighted by atomic mass is 9.77. The average Bonchev–Trinajstić information content (AvgIpc) is 3.20. The average molecular weight is 325 g/mol. The van der Waals surface area contributed by atoms with Gasteiger partial charge in [-0.15, -0.1) is 0 Å². The van der Waals surface area contributed by atoms with Gasteiger partial charge in [-0.1, -0.05) is 6.07 Å². The van der Waals surface area contributed by atoms with Crippen LogP contribution in [0.4, 0.5) is 0 Å². The number of hydrogen-bond acceptors (Lipinski definition) is 4. The van der Waals surface area contributed by atoms with E-state index in [1.54, 1.807) is 0 Å². The molecule has 1 saturated heterocycles. The normalized spacial score (nSPS) is 25.8. The van der Waals surface area contributed by atoms with E-state index in [1.165, 1.54) is 49.0 Å². The summed E-state index contributed by atoms with van der Waals surface area (Å²) in [5.41, 5.74) is 4.42. The molecule has 2 aliphatic heterocycles. The van der Waals surface area contributed by atoms with E-state index in [4.69, 9.17) is 9.47 Å². The third kappa shape index (κ3) is 2.30. The standard InChI is InChI=1S/C19H23N3O2/c1-5-19(6-4-15-11-20-21-18(15)19)13-22(7-1)12-14-2-3-16-17(10-14)24-9-8-23-16/h2-3,10-11H,1,4-9,12-13H2,(H,20,21). The van der Waals surface area contributed by atoms with Crippen molar-refractivity contribution in [3.05, 3.63) is 41.2 Å². The minimum atomic E-state index is 0.290. The fourth-order valence-electron chi connectivity index (χ4n) is 4.67. The quantitative estimate of drug-likeness (QED) is 0.922. The maximum atomic E-state index is 5.73. The third-order valence-corrected chi connectivity index (χ3v) is 5.79. The monoisotopic (exact) mass is 325 g/mol. The lowest BCUT2D eigenvalue weighted by Gasteiger charge is -2.40. The number of rotatable bonds is 2. The summed E-state index contributed by atoms with van der Waals surface area (Å²) < 4.78 is 11.4. The number of likely N-dealkylation sites (tertiary alicyclic amines) is 1. The first-order valence-corrected chi connectivity index (χ1v) is 8.96. The Balaban J connectivity index is 1.35. The molecule has 1 aliphatic carbocycles. The summed E-state index contributed by atoms with van der Waals surface area (Å²) in [5.74, 6) is 1.76. The molecule has 3 heterocycles. The summed E-state index contributed by atoms with van der Waals surface area (Å²) >= 11 is 0. The van der Waals surface area contributed by atoms with E-state index in [0.29, 0.717) is 13.2 Å². The molecule has 1 N–H and O–H groups in total. The highest BCUT2D eigenvalue weighted by molar-refractivity contribution is 5.44. The van der Waals surface area contributed by atoms with Crippen LogP contribution in [0.15, 0.2) is 24.4 Å². The van der Waals surface area contributed by atoms with Gasteiger partial charge in [-0.25, -0.2) is 0 Å². The molecule has 5 heteroatoms. The predicted molar refractivity (Wildman–Crippen MR) is 90.5 cm³/mol. The molecule has 1 fully saturated rings. The molecular formula is C19H23N3O2. The molecule has 1 atom stereocenters. The van der Waals surface area contributed by atoms with E-state index < -0.39 is 0 Å². The van der Waals surface area contributed by atoms with Gasteiger partial charge in [-0.05, 0) is 55.5 Å². The Morgan fingerprint density at radius 2 is 2.08 bits per heavy atom. The molecule has 1 aromatic heterocycles. The smallest absolute Gasteiger partial charge is 0.161 e. The van der Waals surface area contributed by atoms with Crippen LogP contribution in [0.3, 0.4) is 0 Å². The van der Waals surface area contributed by atoms with Gasteiger partial charge in [0.05, 0.1) is 6.20 Å². The Labute approximate surface area is 142 Å². The van der Waals surface area contributed by atoms with Crippen molar-refractivity contribution in [2.75, 3.05) is 26.3 Å². The van der Waals surface area contributed by atoms with Crippen molar-refractivity contribution in [2.45, 2.75) is 37.6 Å². The van der Waals surface area contributed by atoms with Crippen LogP contribution < -0.4 is 9.47 Å². The SMILES string of the molecule is c1cc2c(cc1CN1CCCC3(CCc4cn[nH]c43)C1)OCCO2. The van der Waals surface area contributed by atoms with Crippen LogP contribution in [0.1, 0.15) is 36.1 Å². The van der Waals surface area contributed by atoms with Crippen LogP contribution >= 0.6 is 0 Å². The fourth-order valence-corrected chi connectivity index (χ4v) is 4.67. The van der Waals surface area contributed by atoms with Gasteiger partial charge in [0.2, 0.25) is 0 Å². The van der Waals surface area contributed by atoms with Gasteiger partial charge in [0.15, 0.2) is 11.5 Å². The molecule has 5 nitrogen and oxygen atoms in total. The highest BCUT2D eigenvalue weighted by Crippen LogP contribution is 2.44. The van der Waals surface area contributed by atoms with Crippen LogP contribution in [-0.2, 0) is 18.4 Å². The number of hydrogen-bond donors (Lipinski definition) is 1. The zero-order chi connectivity index (χ0) is 16.0. The Morgan fingerprint density at radius 1 is 1.17 bits per heavy atom. The minimum absolute atomic E-state index is 0.290. The lowest BCUT2D eigenvalue weighted by molar-refractivity contribution is 0.135. The van der Waals surface area contributed by atoms with Crippen molar-refractivity contribution in [2.24, 2.45) is 0 Å². The van der Waals surface area contributed by atoms with Crippen molar-refractivity contribution >= 4 is 0 Å². The van der Waals surface area contributed by atoms with E-state index in [9.17, 15) is 0 Å². The van der Waals surface area contributed by atoms with Crippen molar-refractivity contribution in [1.82, 2.24) is 15.1 Å². The third-order valence-electron chi connectivity index (χ3n) is 5.79. The number of fused-ring (bicyclic) bond motifs is 3. The maximum Gasteiger partial charge on any atom is 0.161 e. The second-order valence-electron chi connectivity index (χ2n) is 7.34. The lowest BCUT2D eigenvalue weighted by Crippen LogP contribution is -2.44. The van der Waals surface area contributed by atoms with Gasteiger partial charge in [-0.3, -0.25) is 10.00 Å². The number of benzene rings is 1. The Bertz CT molecular complexity index is 757. The van der Waals surface area contributed by atoms with Gasteiger partial charge in [0.1, 0.15) is 13.2 Å². The van der Waals surface area contributed by atoms with Gasteiger partial charge in [-0.2, -0.15) is 5.10 Å². The molecule has 1 spiro atoms. The number of ether oxygens (including phenoxy) is 2. The zero-order valence-electron chi connectivity index (χ0n) is 13.9. The van der Waals surface area contributed by atoms with Crippen molar-refractivity contribution in [3.63, 3.8) is 0 Å². The van der Waals surface area contributed by atoms with Crippen molar-refractivity contribution in [3.8, 4) is 11.5 Å². The summed E-state index contributed by atoms with van der Waals surface area (Å²) in [4.78, 5) is 2.59. The number of aromatic nitrogens is 2. The van der Waals surface area contributed by atoms with Crippen molar-refractivity contribution in [1.29, 1.82) is 0 Å². The molecule has 0 radical (unpaired) electrons. The van der Waals surface area contributed by atoms with Crippen LogP contribution in [-0.4, -0.2) is 41.4 Å². The van der Waals surface area contributed by atoms with Gasteiger partial charge in [0.25, 0.3) is 0 Å². The van der Waals surface area contributed by atoms with Gasteiger partial charge in [0, 0.05) is 24.2 Å². The Kier molecular flexibility index (Phi) is 3.30. The largest absolute Gasteiger partial charge is 0.486 e. The van der Waals surface area contributed by atoms with E-state index in [2.05, 4.69) is 27.2 Å². The summed E-state index contributed by atoms with van der Waals surface area (Å²) in [6.07, 6.45) is 6.98. The zero-order valence-corrected chi connectivity index (χ0v) is 13.9. The van der Waals surface area contributed by atoms with E-state index in [1.807, 2.05) is 12.3 Å². The maximum absolute atomic E-state index is 5.73. The second-order valence-corrected chi connectivity index (χ2v) is 7.34. The molecule has 3 aliphatic rings. The summed E-state index contributed by atoms with van der Waals surface area (Å²) in [7, 11) is 0. The van der Waals surface area contributed by atoms with Gasteiger partial charge < -0.3 is 9.47 Å². The topological polar surface area (TPSA) is 50.4 Å². The molecule has 0 saturated carbocycles. The second kappa shape index (κ2) is 5.52. The number of aromatic amines is 1.